The fraction of sp³-hybridized carbons (Fsp3) is 0.0833. The predicted octanol–water partition coefficient (Wildman–Crippen LogP) is 1.10. The highest BCUT2D eigenvalue weighted by atomic mass is 16.6. The minimum atomic E-state index is -0.803. The molecule has 0 fully saturated rings. The summed E-state index contributed by atoms with van der Waals surface area (Å²) in [4.78, 5) is 21.6. The first-order valence-corrected chi connectivity index (χ1v) is 5.80. The van der Waals surface area contributed by atoms with E-state index in [0.717, 1.165) is 11.8 Å². The largest absolute Gasteiger partial charge is 0.507 e. The van der Waals surface area contributed by atoms with Crippen LogP contribution in [-0.4, -0.2) is 32.3 Å². The Morgan fingerprint density at radius 1 is 1.57 bits per heavy atom. The second-order valence-electron chi connectivity index (χ2n) is 4.15. The Balaban J connectivity index is 2.10. The first-order valence-electron chi connectivity index (χ1n) is 5.80. The zero-order valence-electron chi connectivity index (χ0n) is 10.9. The number of phenolic OH excluding ortho intramolecular Hbond substituents is 1. The average molecular weight is 289 g/mol. The molecule has 2 aromatic rings. The molecule has 1 heterocycles. The molecule has 1 amide bonds. The number of aromatic nitrogens is 2. The Labute approximate surface area is 118 Å². The topological polar surface area (TPSA) is 134 Å². The molecule has 0 atom stereocenters. The van der Waals surface area contributed by atoms with Gasteiger partial charge in [-0.15, -0.1) is 0 Å². The number of hydrogen-bond acceptors (Lipinski definition) is 6. The van der Waals surface area contributed by atoms with Crippen LogP contribution in [0.5, 0.6) is 5.75 Å². The van der Waals surface area contributed by atoms with Crippen molar-refractivity contribution in [2.45, 2.75) is 6.92 Å². The molecule has 0 unspecified atom stereocenters. The monoisotopic (exact) mass is 289 g/mol. The number of H-pyrrole nitrogens is 1. The molecule has 2 rings (SSSR count). The number of nitrogens with one attached hydrogen (secondary N) is 2. The quantitative estimate of drug-likeness (QED) is 0.440. The van der Waals surface area contributed by atoms with Crippen LogP contribution in [-0.2, 0) is 0 Å². The number of amides is 1. The Bertz CT molecular complexity index is 722. The van der Waals surface area contributed by atoms with Crippen molar-refractivity contribution < 1.29 is 14.8 Å². The SMILES string of the molecule is Cc1ccc(O)c(/C=N\NC(=O)c2[nH]ncc2[N+](=O)[O-])c1. The number of phenols is 1. The number of aryl methyl sites for hydroxylation is 1. The number of rotatable bonds is 4. The number of hydrogen-bond donors (Lipinski definition) is 3. The lowest BCUT2D eigenvalue weighted by atomic mass is 10.1. The van der Waals surface area contributed by atoms with Crippen molar-refractivity contribution in [3.63, 3.8) is 0 Å². The van der Waals surface area contributed by atoms with Gasteiger partial charge >= 0.3 is 5.69 Å². The van der Waals surface area contributed by atoms with Crippen molar-refractivity contribution in [2.75, 3.05) is 0 Å². The Hall–Kier alpha value is -3.23. The van der Waals surface area contributed by atoms with Crippen molar-refractivity contribution in [3.05, 3.63) is 51.3 Å². The number of benzene rings is 1. The third-order valence-electron chi connectivity index (χ3n) is 2.60. The molecular formula is C12H11N5O4. The molecule has 0 aliphatic carbocycles. The van der Waals surface area contributed by atoms with Crippen LogP contribution in [0.4, 0.5) is 5.69 Å². The van der Waals surface area contributed by atoms with Gasteiger partial charge in [0.05, 0.1) is 11.1 Å². The van der Waals surface area contributed by atoms with Crippen molar-refractivity contribution in [3.8, 4) is 5.75 Å². The van der Waals surface area contributed by atoms with E-state index in [1.165, 1.54) is 12.3 Å². The molecule has 0 aliphatic rings. The molecule has 0 aliphatic heterocycles. The first-order chi connectivity index (χ1) is 9.99. The molecule has 1 aromatic carbocycles. The van der Waals surface area contributed by atoms with Crippen molar-refractivity contribution in [1.29, 1.82) is 0 Å². The van der Waals surface area contributed by atoms with Gasteiger partial charge in [-0.1, -0.05) is 11.6 Å². The van der Waals surface area contributed by atoms with Gasteiger partial charge in [0, 0.05) is 5.56 Å². The molecule has 0 radical (unpaired) electrons. The van der Waals surface area contributed by atoms with Gasteiger partial charge in [0.2, 0.25) is 5.69 Å². The molecule has 9 nitrogen and oxygen atoms in total. The van der Waals surface area contributed by atoms with Gasteiger partial charge in [0.25, 0.3) is 5.91 Å². The molecule has 1 aromatic heterocycles. The summed E-state index contributed by atoms with van der Waals surface area (Å²) in [5.41, 5.74) is 2.69. The number of nitro groups is 1. The summed E-state index contributed by atoms with van der Waals surface area (Å²) in [6.07, 6.45) is 2.17. The van der Waals surface area contributed by atoms with Gasteiger partial charge in [-0.3, -0.25) is 20.0 Å². The number of carbonyl (C=O) groups is 1. The van der Waals surface area contributed by atoms with Crippen LogP contribution in [0, 0.1) is 17.0 Å². The molecular weight excluding hydrogens is 278 g/mol. The van der Waals surface area contributed by atoms with Crippen molar-refractivity contribution >= 4 is 17.8 Å². The van der Waals surface area contributed by atoms with Gasteiger partial charge in [-0.2, -0.15) is 10.2 Å². The molecule has 0 saturated heterocycles. The summed E-state index contributed by atoms with van der Waals surface area (Å²) in [6, 6.07) is 4.89. The predicted molar refractivity (Wildman–Crippen MR) is 73.1 cm³/mol. The molecule has 21 heavy (non-hydrogen) atoms. The number of aromatic hydroxyl groups is 1. The first kappa shape index (κ1) is 14.2. The van der Waals surface area contributed by atoms with Gasteiger partial charge in [-0.25, -0.2) is 5.43 Å². The average Bonchev–Trinajstić information content (AvgIpc) is 2.92. The molecule has 0 saturated carbocycles. The molecule has 108 valence electrons. The number of hydrazone groups is 1. The van der Waals surface area contributed by atoms with Crippen LogP contribution >= 0.6 is 0 Å². The van der Waals surface area contributed by atoms with E-state index in [9.17, 15) is 20.0 Å². The van der Waals surface area contributed by atoms with Crippen LogP contribution < -0.4 is 5.43 Å². The molecule has 0 bridgehead atoms. The van der Waals surface area contributed by atoms with E-state index in [1.54, 1.807) is 12.1 Å². The summed E-state index contributed by atoms with van der Waals surface area (Å²) in [5.74, 6) is -0.797. The van der Waals surface area contributed by atoms with E-state index in [-0.39, 0.29) is 11.4 Å². The lowest BCUT2D eigenvalue weighted by molar-refractivity contribution is -0.385. The minimum Gasteiger partial charge on any atom is -0.507 e. The maximum atomic E-state index is 11.7. The second-order valence-corrected chi connectivity index (χ2v) is 4.15. The second kappa shape index (κ2) is 5.82. The Morgan fingerprint density at radius 3 is 3.05 bits per heavy atom. The van der Waals surface area contributed by atoms with Crippen LogP contribution in [0.25, 0.3) is 0 Å². The Morgan fingerprint density at radius 2 is 2.33 bits per heavy atom. The van der Waals surface area contributed by atoms with Gasteiger partial charge in [0.1, 0.15) is 11.9 Å². The number of aromatic amines is 1. The normalized spacial score (nSPS) is 10.7. The molecule has 3 N–H and O–H groups in total. The summed E-state index contributed by atoms with van der Waals surface area (Å²) in [7, 11) is 0. The van der Waals surface area contributed by atoms with Crippen LogP contribution in [0.15, 0.2) is 29.5 Å². The molecule has 0 spiro atoms. The van der Waals surface area contributed by atoms with Crippen molar-refractivity contribution in [1.82, 2.24) is 15.6 Å². The van der Waals surface area contributed by atoms with Crippen LogP contribution in [0.2, 0.25) is 0 Å². The van der Waals surface area contributed by atoms with E-state index in [1.807, 2.05) is 6.92 Å². The highest BCUT2D eigenvalue weighted by Crippen LogP contribution is 2.16. The van der Waals surface area contributed by atoms with Gasteiger partial charge < -0.3 is 5.11 Å². The van der Waals surface area contributed by atoms with E-state index in [4.69, 9.17) is 0 Å². The van der Waals surface area contributed by atoms with E-state index in [0.29, 0.717) is 5.56 Å². The highest BCUT2D eigenvalue weighted by Gasteiger charge is 2.22. The van der Waals surface area contributed by atoms with Crippen LogP contribution in [0.3, 0.4) is 0 Å². The maximum Gasteiger partial charge on any atom is 0.319 e. The summed E-state index contributed by atoms with van der Waals surface area (Å²) in [5, 5.41) is 29.6. The smallest absolute Gasteiger partial charge is 0.319 e. The van der Waals surface area contributed by atoms with Gasteiger partial charge in [-0.05, 0) is 19.1 Å². The van der Waals surface area contributed by atoms with Gasteiger partial charge in [0.15, 0.2) is 0 Å². The third-order valence-corrected chi connectivity index (χ3v) is 2.60. The third kappa shape index (κ3) is 3.21. The zero-order valence-corrected chi connectivity index (χ0v) is 10.9. The summed E-state index contributed by atoms with van der Waals surface area (Å²) in [6.45, 7) is 1.84. The lowest BCUT2D eigenvalue weighted by Gasteiger charge is -2.00. The summed E-state index contributed by atoms with van der Waals surface area (Å²) >= 11 is 0. The van der Waals surface area contributed by atoms with E-state index >= 15 is 0 Å². The van der Waals surface area contributed by atoms with Crippen LogP contribution in [0.1, 0.15) is 21.6 Å². The summed E-state index contributed by atoms with van der Waals surface area (Å²) < 4.78 is 0. The lowest BCUT2D eigenvalue weighted by Crippen LogP contribution is -2.19. The van der Waals surface area contributed by atoms with E-state index < -0.39 is 16.5 Å². The fourth-order valence-corrected chi connectivity index (χ4v) is 1.58. The van der Waals surface area contributed by atoms with Crippen molar-refractivity contribution in [2.24, 2.45) is 5.10 Å². The number of carbonyl (C=O) groups excluding carboxylic acids is 1. The fourth-order valence-electron chi connectivity index (χ4n) is 1.58. The highest BCUT2D eigenvalue weighted by molar-refractivity contribution is 5.96. The Kier molecular flexibility index (Phi) is 3.93. The zero-order chi connectivity index (χ0) is 15.4. The number of nitrogens with zero attached hydrogens (tertiary/aromatic N) is 3. The minimum absolute atomic E-state index is 0.00567. The maximum absolute atomic E-state index is 11.7. The molecule has 9 heteroatoms. The standard InChI is InChI=1S/C12H11N5O4/c1-7-2-3-10(18)8(4-7)5-13-16-12(19)11-9(17(20)21)6-14-15-11/h2-6,18H,1H3,(H,14,15)(H,16,19)/b13-5-. The van der Waals surface area contributed by atoms with E-state index in [2.05, 4.69) is 20.7 Å².